The second-order valence-electron chi connectivity index (χ2n) is 7.02. The van der Waals surface area contributed by atoms with Crippen LogP contribution in [0.5, 0.6) is 11.5 Å². The van der Waals surface area contributed by atoms with E-state index in [0.29, 0.717) is 5.75 Å². The summed E-state index contributed by atoms with van der Waals surface area (Å²) in [6, 6.07) is 10.3. The molecule has 8 heteroatoms. The number of hydrogen-bond acceptors (Lipinski definition) is 5. The maximum Gasteiger partial charge on any atom is 0.247 e. The Bertz CT molecular complexity index is 987. The number of sulfonamides is 1. The van der Waals surface area contributed by atoms with E-state index < -0.39 is 15.9 Å². The third-order valence-electron chi connectivity index (χ3n) is 4.62. The second kappa shape index (κ2) is 9.28. The predicted molar refractivity (Wildman–Crippen MR) is 113 cm³/mol. The number of nitrogens with one attached hydrogen (secondary N) is 1. The molecule has 0 atom stereocenters. The maximum atomic E-state index is 13.0. The Hall–Kier alpha value is -2.58. The van der Waals surface area contributed by atoms with Crippen LogP contribution in [-0.2, 0) is 14.8 Å². The van der Waals surface area contributed by atoms with E-state index in [4.69, 9.17) is 9.47 Å². The molecule has 158 valence electrons. The molecule has 0 heterocycles. The molecular formula is C21H28N2O5S. The van der Waals surface area contributed by atoms with Crippen LogP contribution in [-0.4, -0.2) is 46.4 Å². The van der Waals surface area contributed by atoms with E-state index in [-0.39, 0.29) is 23.1 Å². The number of benzene rings is 2. The number of anilines is 1. The average Bonchev–Trinajstić information content (AvgIpc) is 2.68. The van der Waals surface area contributed by atoms with Crippen molar-refractivity contribution in [3.8, 4) is 11.5 Å². The molecule has 0 saturated heterocycles. The first-order valence-corrected chi connectivity index (χ1v) is 10.6. The molecule has 0 radical (unpaired) electrons. The third-order valence-corrected chi connectivity index (χ3v) is 6.44. The number of aryl methyl sites for hydroxylation is 1. The molecule has 0 spiro atoms. The van der Waals surface area contributed by atoms with E-state index in [2.05, 4.69) is 5.32 Å². The van der Waals surface area contributed by atoms with Crippen LogP contribution >= 0.6 is 0 Å². The van der Waals surface area contributed by atoms with Gasteiger partial charge in [-0.1, -0.05) is 32.0 Å². The van der Waals surface area contributed by atoms with Crippen LogP contribution in [0.25, 0.3) is 0 Å². The molecule has 0 aliphatic carbocycles. The predicted octanol–water partition coefficient (Wildman–Crippen LogP) is 3.39. The van der Waals surface area contributed by atoms with E-state index in [1.54, 1.807) is 6.07 Å². The van der Waals surface area contributed by atoms with Crippen molar-refractivity contribution in [2.75, 3.05) is 33.1 Å². The first-order chi connectivity index (χ1) is 13.6. The Morgan fingerprint density at radius 3 is 2.41 bits per heavy atom. The van der Waals surface area contributed by atoms with Gasteiger partial charge in [0.15, 0.2) is 0 Å². The molecule has 2 rings (SSSR count). The number of rotatable bonds is 8. The zero-order valence-corrected chi connectivity index (χ0v) is 18.5. The Morgan fingerprint density at radius 1 is 1.14 bits per heavy atom. The van der Waals surface area contributed by atoms with Crippen molar-refractivity contribution < 1.29 is 22.7 Å². The number of carbonyl (C=O) groups is 1. The SMILES string of the molecule is COc1ccc(OC)c(S(=O)(=O)N(C)CC(=O)Nc2c(C)cccc2C(C)C)c1. The Kier molecular flexibility index (Phi) is 7.26. The molecule has 0 fully saturated rings. The highest BCUT2D eigenvalue weighted by Gasteiger charge is 2.27. The topological polar surface area (TPSA) is 84.9 Å². The first kappa shape index (κ1) is 22.7. The fourth-order valence-corrected chi connectivity index (χ4v) is 4.26. The Morgan fingerprint density at radius 2 is 1.83 bits per heavy atom. The summed E-state index contributed by atoms with van der Waals surface area (Å²) in [6.45, 7) is 5.64. The smallest absolute Gasteiger partial charge is 0.247 e. The van der Waals surface area contributed by atoms with Gasteiger partial charge in [-0.3, -0.25) is 4.79 Å². The summed E-state index contributed by atoms with van der Waals surface area (Å²) >= 11 is 0. The van der Waals surface area contributed by atoms with Gasteiger partial charge in [0.25, 0.3) is 0 Å². The van der Waals surface area contributed by atoms with Crippen LogP contribution in [0.2, 0.25) is 0 Å². The fourth-order valence-electron chi connectivity index (χ4n) is 2.96. The standard InChI is InChI=1S/C21H28N2O5S/c1-14(2)17-9-7-8-15(3)21(17)22-20(24)13-23(4)29(25,26)19-12-16(27-5)10-11-18(19)28-6/h7-12,14H,13H2,1-6H3,(H,22,24). The number of amides is 1. The Labute approximate surface area is 172 Å². The molecule has 1 N–H and O–H groups in total. The molecule has 0 unspecified atom stereocenters. The van der Waals surface area contributed by atoms with Gasteiger partial charge in [0, 0.05) is 18.8 Å². The number of para-hydroxylation sites is 1. The van der Waals surface area contributed by atoms with Crippen LogP contribution in [0.1, 0.15) is 30.9 Å². The molecule has 7 nitrogen and oxygen atoms in total. The second-order valence-corrected chi connectivity index (χ2v) is 9.03. The van der Waals surface area contributed by atoms with Gasteiger partial charge in [0.05, 0.1) is 20.8 Å². The highest BCUT2D eigenvalue weighted by atomic mass is 32.2. The van der Waals surface area contributed by atoms with Gasteiger partial charge in [-0.05, 0) is 36.1 Å². The van der Waals surface area contributed by atoms with E-state index in [1.807, 2.05) is 39.0 Å². The molecule has 0 aliphatic rings. The number of carbonyl (C=O) groups excluding carboxylic acids is 1. The molecule has 2 aromatic rings. The van der Waals surface area contributed by atoms with Crippen molar-refractivity contribution in [1.82, 2.24) is 4.31 Å². The van der Waals surface area contributed by atoms with Crippen molar-refractivity contribution in [3.63, 3.8) is 0 Å². The zero-order valence-electron chi connectivity index (χ0n) is 17.6. The summed E-state index contributed by atoms with van der Waals surface area (Å²) in [5.41, 5.74) is 2.64. The normalized spacial score (nSPS) is 11.6. The molecule has 0 bridgehead atoms. The van der Waals surface area contributed by atoms with Crippen LogP contribution in [0.3, 0.4) is 0 Å². The first-order valence-electron chi connectivity index (χ1n) is 9.19. The van der Waals surface area contributed by atoms with Crippen molar-refractivity contribution in [2.45, 2.75) is 31.6 Å². The molecule has 0 aromatic heterocycles. The average molecular weight is 421 g/mol. The lowest BCUT2D eigenvalue weighted by atomic mass is 9.98. The van der Waals surface area contributed by atoms with Crippen molar-refractivity contribution >= 4 is 21.6 Å². The van der Waals surface area contributed by atoms with Crippen LogP contribution in [0.4, 0.5) is 5.69 Å². The summed E-state index contributed by atoms with van der Waals surface area (Å²) in [4.78, 5) is 12.6. The van der Waals surface area contributed by atoms with Gasteiger partial charge in [-0.15, -0.1) is 0 Å². The number of hydrogen-bond donors (Lipinski definition) is 1. The molecular weight excluding hydrogens is 392 g/mol. The minimum Gasteiger partial charge on any atom is -0.497 e. The van der Waals surface area contributed by atoms with Gasteiger partial charge < -0.3 is 14.8 Å². The summed E-state index contributed by atoms with van der Waals surface area (Å²) in [5, 5.41) is 2.86. The van der Waals surface area contributed by atoms with Crippen LogP contribution < -0.4 is 14.8 Å². The minimum atomic E-state index is -3.97. The number of methoxy groups -OCH3 is 2. The van der Waals surface area contributed by atoms with Gasteiger partial charge in [-0.2, -0.15) is 4.31 Å². The minimum absolute atomic E-state index is 0.0617. The Balaban J connectivity index is 2.26. The van der Waals surface area contributed by atoms with Gasteiger partial charge in [0.1, 0.15) is 16.4 Å². The highest BCUT2D eigenvalue weighted by molar-refractivity contribution is 7.89. The van der Waals surface area contributed by atoms with Crippen molar-refractivity contribution in [1.29, 1.82) is 0 Å². The zero-order chi connectivity index (χ0) is 21.8. The number of nitrogens with zero attached hydrogens (tertiary/aromatic N) is 1. The van der Waals surface area contributed by atoms with Gasteiger partial charge >= 0.3 is 0 Å². The highest BCUT2D eigenvalue weighted by Crippen LogP contribution is 2.30. The molecule has 0 saturated carbocycles. The van der Waals surface area contributed by atoms with E-state index >= 15 is 0 Å². The van der Waals surface area contributed by atoms with Gasteiger partial charge in [0.2, 0.25) is 15.9 Å². The van der Waals surface area contributed by atoms with Gasteiger partial charge in [-0.25, -0.2) is 8.42 Å². The summed E-state index contributed by atoms with van der Waals surface area (Å²) in [7, 11) is 0.222. The van der Waals surface area contributed by atoms with E-state index in [1.165, 1.54) is 33.4 Å². The largest absolute Gasteiger partial charge is 0.497 e. The van der Waals surface area contributed by atoms with Crippen LogP contribution in [0.15, 0.2) is 41.3 Å². The molecule has 0 aliphatic heterocycles. The van der Waals surface area contributed by atoms with E-state index in [9.17, 15) is 13.2 Å². The lowest BCUT2D eigenvalue weighted by Crippen LogP contribution is -2.35. The van der Waals surface area contributed by atoms with E-state index in [0.717, 1.165) is 21.1 Å². The fraction of sp³-hybridized carbons (Fsp3) is 0.381. The summed E-state index contributed by atoms with van der Waals surface area (Å²) < 4.78 is 37.3. The lowest BCUT2D eigenvalue weighted by molar-refractivity contribution is -0.116. The number of ether oxygens (including phenoxy) is 2. The molecule has 2 aromatic carbocycles. The summed E-state index contributed by atoms with van der Waals surface area (Å²) in [6.07, 6.45) is 0. The number of likely N-dealkylation sites (N-methyl/N-ethyl adjacent to an activating group) is 1. The maximum absolute atomic E-state index is 13.0. The lowest BCUT2D eigenvalue weighted by Gasteiger charge is -2.21. The van der Waals surface area contributed by atoms with Crippen molar-refractivity contribution in [3.05, 3.63) is 47.5 Å². The van der Waals surface area contributed by atoms with Crippen molar-refractivity contribution in [2.24, 2.45) is 0 Å². The molecule has 29 heavy (non-hydrogen) atoms. The monoisotopic (exact) mass is 420 g/mol. The third kappa shape index (κ3) is 5.07. The summed E-state index contributed by atoms with van der Waals surface area (Å²) in [5.74, 6) is 0.351. The van der Waals surface area contributed by atoms with Crippen LogP contribution in [0, 0.1) is 6.92 Å². The molecule has 1 amide bonds. The quantitative estimate of drug-likeness (QED) is 0.708.